The molecule has 4 nitrogen and oxygen atoms in total. The number of rotatable bonds is 7. The van der Waals surface area contributed by atoms with Gasteiger partial charge in [-0.1, -0.05) is 36.4 Å². The predicted octanol–water partition coefficient (Wildman–Crippen LogP) is 5.43. The van der Waals surface area contributed by atoms with Gasteiger partial charge in [0.25, 0.3) is 5.91 Å². The Morgan fingerprint density at radius 2 is 1.80 bits per heavy atom. The summed E-state index contributed by atoms with van der Waals surface area (Å²) < 4.78 is 1.17. The van der Waals surface area contributed by atoms with E-state index in [-0.39, 0.29) is 5.91 Å². The van der Waals surface area contributed by atoms with Crippen LogP contribution in [-0.2, 0) is 12.2 Å². The maximum atomic E-state index is 12.7. The number of nitrogens with one attached hydrogen (secondary N) is 1. The number of aromatic nitrogens is 1. The SMILES string of the molecule is N#Cc1ccc(CSc2ccccc2C(=O)NCCc2nc3ccccc3s2)cc1. The maximum absolute atomic E-state index is 12.7. The van der Waals surface area contributed by atoms with Crippen LogP contribution in [0, 0.1) is 11.3 Å². The summed E-state index contributed by atoms with van der Waals surface area (Å²) in [5, 5.41) is 13.0. The highest BCUT2D eigenvalue weighted by molar-refractivity contribution is 7.98. The van der Waals surface area contributed by atoms with E-state index in [4.69, 9.17) is 5.26 Å². The maximum Gasteiger partial charge on any atom is 0.252 e. The Morgan fingerprint density at radius 1 is 1.03 bits per heavy atom. The molecule has 4 rings (SSSR count). The number of hydrogen-bond acceptors (Lipinski definition) is 5. The molecule has 1 heterocycles. The second-order valence-electron chi connectivity index (χ2n) is 6.67. The van der Waals surface area contributed by atoms with Gasteiger partial charge in [0, 0.05) is 23.6 Å². The zero-order chi connectivity index (χ0) is 20.8. The third kappa shape index (κ3) is 4.88. The lowest BCUT2D eigenvalue weighted by atomic mass is 10.2. The monoisotopic (exact) mass is 429 g/mol. The van der Waals surface area contributed by atoms with Gasteiger partial charge in [-0.15, -0.1) is 23.1 Å². The Hall–Kier alpha value is -3.14. The van der Waals surface area contributed by atoms with E-state index in [1.54, 1.807) is 23.1 Å². The quantitative estimate of drug-likeness (QED) is 0.398. The highest BCUT2D eigenvalue weighted by Crippen LogP contribution is 2.26. The zero-order valence-corrected chi connectivity index (χ0v) is 17.8. The summed E-state index contributed by atoms with van der Waals surface area (Å²) in [6.07, 6.45) is 0.714. The molecule has 0 radical (unpaired) electrons. The minimum atomic E-state index is -0.0703. The van der Waals surface area contributed by atoms with Crippen molar-refractivity contribution < 1.29 is 4.79 Å². The highest BCUT2D eigenvalue weighted by Gasteiger charge is 2.12. The molecule has 0 bridgehead atoms. The topological polar surface area (TPSA) is 65.8 Å². The molecule has 4 aromatic rings. The number of nitriles is 1. The van der Waals surface area contributed by atoms with Crippen LogP contribution in [0.25, 0.3) is 10.2 Å². The van der Waals surface area contributed by atoms with Gasteiger partial charge in [-0.25, -0.2) is 4.98 Å². The molecule has 0 aliphatic rings. The summed E-state index contributed by atoms with van der Waals surface area (Å²) in [7, 11) is 0. The Labute approximate surface area is 183 Å². The number of amides is 1. The van der Waals surface area contributed by atoms with Crippen LogP contribution in [0.5, 0.6) is 0 Å². The van der Waals surface area contributed by atoms with Crippen LogP contribution in [0.4, 0.5) is 0 Å². The number of para-hydroxylation sites is 1. The van der Waals surface area contributed by atoms with E-state index < -0.39 is 0 Å². The third-order valence-electron chi connectivity index (χ3n) is 4.57. The predicted molar refractivity (Wildman–Crippen MR) is 123 cm³/mol. The number of carbonyl (C=O) groups excluding carboxylic acids is 1. The van der Waals surface area contributed by atoms with E-state index in [1.165, 1.54) is 4.70 Å². The van der Waals surface area contributed by atoms with Gasteiger partial charge in [-0.05, 0) is 42.0 Å². The number of thiazole rings is 1. The van der Waals surface area contributed by atoms with Crippen LogP contribution in [0.3, 0.4) is 0 Å². The van der Waals surface area contributed by atoms with Crippen LogP contribution in [0.15, 0.2) is 77.7 Å². The second-order valence-corrected chi connectivity index (χ2v) is 8.81. The zero-order valence-electron chi connectivity index (χ0n) is 16.2. The summed E-state index contributed by atoms with van der Waals surface area (Å²) in [6, 6.07) is 25.4. The molecule has 0 atom stereocenters. The molecule has 1 amide bonds. The molecule has 0 fully saturated rings. The average Bonchev–Trinajstić information content (AvgIpc) is 3.21. The molecule has 0 aliphatic carbocycles. The van der Waals surface area contributed by atoms with E-state index in [0.717, 1.165) is 26.7 Å². The van der Waals surface area contributed by atoms with E-state index in [1.807, 2.05) is 66.7 Å². The molecule has 0 spiro atoms. The molecular weight excluding hydrogens is 410 g/mol. The number of fused-ring (bicyclic) bond motifs is 1. The number of thioether (sulfide) groups is 1. The molecular formula is C24H19N3OS2. The van der Waals surface area contributed by atoms with E-state index in [0.29, 0.717) is 24.1 Å². The van der Waals surface area contributed by atoms with Crippen molar-refractivity contribution in [1.29, 1.82) is 5.26 Å². The molecule has 148 valence electrons. The minimum Gasteiger partial charge on any atom is -0.352 e. The summed E-state index contributed by atoms with van der Waals surface area (Å²) in [5.74, 6) is 0.667. The third-order valence-corrected chi connectivity index (χ3v) is 6.81. The molecule has 30 heavy (non-hydrogen) atoms. The van der Waals surface area contributed by atoms with Gasteiger partial charge in [0.15, 0.2) is 0 Å². The van der Waals surface area contributed by atoms with Crippen molar-refractivity contribution in [3.8, 4) is 6.07 Å². The van der Waals surface area contributed by atoms with Gasteiger partial charge >= 0.3 is 0 Å². The van der Waals surface area contributed by atoms with Crippen molar-refractivity contribution in [3.63, 3.8) is 0 Å². The van der Waals surface area contributed by atoms with Gasteiger partial charge in [0.2, 0.25) is 0 Å². The van der Waals surface area contributed by atoms with Gasteiger partial charge in [0.05, 0.1) is 32.4 Å². The number of nitrogens with zero attached hydrogens (tertiary/aromatic N) is 2. The Kier molecular flexibility index (Phi) is 6.43. The van der Waals surface area contributed by atoms with Crippen molar-refractivity contribution in [2.75, 3.05) is 6.54 Å². The molecule has 0 saturated heterocycles. The normalized spacial score (nSPS) is 10.6. The first-order valence-electron chi connectivity index (χ1n) is 9.56. The van der Waals surface area contributed by atoms with Gasteiger partial charge in [-0.3, -0.25) is 4.79 Å². The first kappa shape index (κ1) is 20.1. The first-order chi connectivity index (χ1) is 14.7. The fourth-order valence-electron chi connectivity index (χ4n) is 3.02. The van der Waals surface area contributed by atoms with Crippen molar-refractivity contribution in [2.24, 2.45) is 0 Å². The van der Waals surface area contributed by atoms with Crippen LogP contribution in [0.1, 0.15) is 26.5 Å². The lowest BCUT2D eigenvalue weighted by Crippen LogP contribution is -2.26. The van der Waals surface area contributed by atoms with Crippen LogP contribution < -0.4 is 5.32 Å². The highest BCUT2D eigenvalue weighted by atomic mass is 32.2. The van der Waals surface area contributed by atoms with Crippen LogP contribution in [-0.4, -0.2) is 17.4 Å². The van der Waals surface area contributed by atoms with E-state index in [9.17, 15) is 4.79 Å². The van der Waals surface area contributed by atoms with Crippen molar-refractivity contribution in [3.05, 3.63) is 94.5 Å². The molecule has 1 aromatic heterocycles. The van der Waals surface area contributed by atoms with Crippen molar-refractivity contribution >= 4 is 39.2 Å². The Balaban J connectivity index is 1.36. The number of benzene rings is 3. The van der Waals surface area contributed by atoms with Crippen LogP contribution >= 0.6 is 23.1 Å². The second kappa shape index (κ2) is 9.57. The molecule has 6 heteroatoms. The summed E-state index contributed by atoms with van der Waals surface area (Å²) in [6.45, 7) is 0.549. The lowest BCUT2D eigenvalue weighted by molar-refractivity contribution is 0.0951. The van der Waals surface area contributed by atoms with Gasteiger partial charge in [0.1, 0.15) is 0 Å². The molecule has 0 aliphatic heterocycles. The fraction of sp³-hybridized carbons (Fsp3) is 0.125. The van der Waals surface area contributed by atoms with E-state index in [2.05, 4.69) is 22.4 Å². The van der Waals surface area contributed by atoms with Gasteiger partial charge in [-0.2, -0.15) is 5.26 Å². The lowest BCUT2D eigenvalue weighted by Gasteiger charge is -2.10. The summed E-state index contributed by atoms with van der Waals surface area (Å²) in [5.41, 5.74) is 3.45. The smallest absolute Gasteiger partial charge is 0.252 e. The average molecular weight is 430 g/mol. The largest absolute Gasteiger partial charge is 0.352 e. The van der Waals surface area contributed by atoms with Crippen molar-refractivity contribution in [1.82, 2.24) is 10.3 Å². The Morgan fingerprint density at radius 3 is 2.60 bits per heavy atom. The fourth-order valence-corrected chi connectivity index (χ4v) is 4.99. The van der Waals surface area contributed by atoms with Crippen molar-refractivity contribution in [2.45, 2.75) is 17.1 Å². The van der Waals surface area contributed by atoms with Crippen LogP contribution in [0.2, 0.25) is 0 Å². The number of hydrogen-bond donors (Lipinski definition) is 1. The van der Waals surface area contributed by atoms with E-state index >= 15 is 0 Å². The Bertz CT molecular complexity index is 1180. The standard InChI is InChI=1S/C24H19N3OS2/c25-15-17-9-11-18(12-10-17)16-29-21-7-3-1-5-19(21)24(28)26-14-13-23-27-20-6-2-4-8-22(20)30-23/h1-12H,13-14,16H2,(H,26,28). The van der Waals surface area contributed by atoms with Gasteiger partial charge < -0.3 is 5.32 Å². The number of carbonyl (C=O) groups is 1. The first-order valence-corrected chi connectivity index (χ1v) is 11.4. The molecule has 0 saturated carbocycles. The summed E-state index contributed by atoms with van der Waals surface area (Å²) >= 11 is 3.29. The molecule has 3 aromatic carbocycles. The minimum absolute atomic E-state index is 0.0703. The molecule has 1 N–H and O–H groups in total. The summed E-state index contributed by atoms with van der Waals surface area (Å²) in [4.78, 5) is 18.3. The molecule has 0 unspecified atom stereocenters.